The van der Waals surface area contributed by atoms with Crippen molar-refractivity contribution in [3.63, 3.8) is 0 Å². The van der Waals surface area contributed by atoms with Crippen LogP contribution in [0.4, 0.5) is 5.69 Å². The molecule has 0 aliphatic rings. The minimum absolute atomic E-state index is 0.323. The molecule has 1 rings (SSSR count). The highest BCUT2D eigenvalue weighted by molar-refractivity contribution is 5.92. The van der Waals surface area contributed by atoms with Crippen LogP contribution in [0.5, 0.6) is 0 Å². The predicted octanol–water partition coefficient (Wildman–Crippen LogP) is 2.47. The molecule has 4 nitrogen and oxygen atoms in total. The van der Waals surface area contributed by atoms with E-state index >= 15 is 0 Å². The van der Waals surface area contributed by atoms with Gasteiger partial charge < -0.3 is 15.2 Å². The van der Waals surface area contributed by atoms with E-state index in [4.69, 9.17) is 15.2 Å². The van der Waals surface area contributed by atoms with E-state index in [2.05, 4.69) is 0 Å². The summed E-state index contributed by atoms with van der Waals surface area (Å²) in [4.78, 5) is 11.8. The Labute approximate surface area is 108 Å². The SMILES string of the molecule is CCOCCCOC(=O)c1cc(N)c(C)cc1C. The van der Waals surface area contributed by atoms with Crippen molar-refractivity contribution in [2.24, 2.45) is 0 Å². The molecule has 18 heavy (non-hydrogen) atoms. The maximum absolute atomic E-state index is 11.8. The van der Waals surface area contributed by atoms with Gasteiger partial charge in [-0.1, -0.05) is 6.07 Å². The van der Waals surface area contributed by atoms with Crippen LogP contribution in [0.2, 0.25) is 0 Å². The van der Waals surface area contributed by atoms with Crippen molar-refractivity contribution in [2.45, 2.75) is 27.2 Å². The number of ether oxygens (including phenoxy) is 2. The van der Waals surface area contributed by atoms with Crippen LogP contribution in [0.3, 0.4) is 0 Å². The molecule has 0 heterocycles. The fraction of sp³-hybridized carbons (Fsp3) is 0.500. The molecule has 0 atom stereocenters. The van der Waals surface area contributed by atoms with Gasteiger partial charge in [-0.05, 0) is 38.0 Å². The topological polar surface area (TPSA) is 61.5 Å². The summed E-state index contributed by atoms with van der Waals surface area (Å²) >= 11 is 0. The molecule has 4 heteroatoms. The highest BCUT2D eigenvalue weighted by Gasteiger charge is 2.12. The van der Waals surface area contributed by atoms with Gasteiger partial charge in [-0.25, -0.2) is 4.79 Å². The van der Waals surface area contributed by atoms with Gasteiger partial charge in [0.05, 0.1) is 12.2 Å². The molecule has 0 radical (unpaired) electrons. The van der Waals surface area contributed by atoms with Gasteiger partial charge in [-0.2, -0.15) is 0 Å². The Morgan fingerprint density at radius 3 is 2.61 bits per heavy atom. The predicted molar refractivity (Wildman–Crippen MR) is 71.7 cm³/mol. The molecule has 0 saturated carbocycles. The second kappa shape index (κ2) is 7.01. The summed E-state index contributed by atoms with van der Waals surface area (Å²) in [7, 11) is 0. The fourth-order valence-electron chi connectivity index (χ4n) is 1.64. The first-order valence-electron chi connectivity index (χ1n) is 6.17. The summed E-state index contributed by atoms with van der Waals surface area (Å²) in [6, 6.07) is 3.57. The lowest BCUT2D eigenvalue weighted by Gasteiger charge is -2.09. The molecule has 0 bridgehead atoms. The Morgan fingerprint density at radius 2 is 1.94 bits per heavy atom. The third kappa shape index (κ3) is 4.04. The molecular weight excluding hydrogens is 230 g/mol. The average Bonchev–Trinajstić information content (AvgIpc) is 2.33. The molecule has 100 valence electrons. The molecule has 0 unspecified atom stereocenters. The first-order valence-corrected chi connectivity index (χ1v) is 6.17. The number of rotatable bonds is 6. The van der Waals surface area contributed by atoms with Crippen LogP contribution in [0.15, 0.2) is 12.1 Å². The molecule has 0 aliphatic heterocycles. The lowest BCUT2D eigenvalue weighted by molar-refractivity contribution is 0.0451. The third-order valence-corrected chi connectivity index (χ3v) is 2.70. The summed E-state index contributed by atoms with van der Waals surface area (Å²) in [6.45, 7) is 7.39. The lowest BCUT2D eigenvalue weighted by atomic mass is 10.0. The number of anilines is 1. The number of carbonyl (C=O) groups is 1. The van der Waals surface area contributed by atoms with Crippen molar-refractivity contribution in [1.82, 2.24) is 0 Å². The highest BCUT2D eigenvalue weighted by Crippen LogP contribution is 2.18. The van der Waals surface area contributed by atoms with Gasteiger partial charge in [-0.15, -0.1) is 0 Å². The second-order valence-corrected chi connectivity index (χ2v) is 4.21. The van der Waals surface area contributed by atoms with Gasteiger partial charge in [0.2, 0.25) is 0 Å². The lowest BCUT2D eigenvalue weighted by Crippen LogP contribution is -2.10. The van der Waals surface area contributed by atoms with E-state index in [9.17, 15) is 4.79 Å². The van der Waals surface area contributed by atoms with E-state index in [1.165, 1.54) is 0 Å². The van der Waals surface area contributed by atoms with Crippen molar-refractivity contribution in [1.29, 1.82) is 0 Å². The van der Waals surface area contributed by atoms with Crippen LogP contribution in [0.1, 0.15) is 34.8 Å². The van der Waals surface area contributed by atoms with Gasteiger partial charge in [0.15, 0.2) is 0 Å². The Kier molecular flexibility index (Phi) is 5.65. The number of esters is 1. The molecule has 0 saturated heterocycles. The number of benzene rings is 1. The summed E-state index contributed by atoms with van der Waals surface area (Å²) in [5.41, 5.74) is 8.80. The van der Waals surface area contributed by atoms with Crippen LogP contribution in [-0.4, -0.2) is 25.8 Å². The largest absolute Gasteiger partial charge is 0.462 e. The maximum Gasteiger partial charge on any atom is 0.338 e. The van der Waals surface area contributed by atoms with Crippen LogP contribution < -0.4 is 5.73 Å². The van der Waals surface area contributed by atoms with E-state index in [-0.39, 0.29) is 5.97 Å². The second-order valence-electron chi connectivity index (χ2n) is 4.21. The molecule has 0 aromatic heterocycles. The average molecular weight is 251 g/mol. The molecule has 1 aromatic rings. The zero-order valence-electron chi connectivity index (χ0n) is 11.3. The Morgan fingerprint density at radius 1 is 1.22 bits per heavy atom. The van der Waals surface area contributed by atoms with E-state index in [0.29, 0.717) is 37.5 Å². The van der Waals surface area contributed by atoms with Crippen molar-refractivity contribution >= 4 is 11.7 Å². The minimum atomic E-state index is -0.323. The summed E-state index contributed by atoms with van der Waals surface area (Å²) in [5, 5.41) is 0. The minimum Gasteiger partial charge on any atom is -0.462 e. The summed E-state index contributed by atoms with van der Waals surface area (Å²) in [6.07, 6.45) is 0.708. The van der Waals surface area contributed by atoms with Crippen molar-refractivity contribution in [3.8, 4) is 0 Å². The molecule has 0 fully saturated rings. The van der Waals surface area contributed by atoms with E-state index in [1.807, 2.05) is 26.8 Å². The summed E-state index contributed by atoms with van der Waals surface area (Å²) < 4.78 is 10.3. The highest BCUT2D eigenvalue weighted by atomic mass is 16.5. The Balaban J connectivity index is 2.54. The normalized spacial score (nSPS) is 10.4. The Bertz CT molecular complexity index is 416. The van der Waals surface area contributed by atoms with Crippen LogP contribution >= 0.6 is 0 Å². The third-order valence-electron chi connectivity index (χ3n) is 2.70. The molecule has 2 N–H and O–H groups in total. The zero-order chi connectivity index (χ0) is 13.5. The molecule has 1 aromatic carbocycles. The number of nitrogen functional groups attached to an aromatic ring is 1. The van der Waals surface area contributed by atoms with E-state index < -0.39 is 0 Å². The van der Waals surface area contributed by atoms with Gasteiger partial charge in [-0.3, -0.25) is 0 Å². The van der Waals surface area contributed by atoms with Crippen molar-refractivity contribution < 1.29 is 14.3 Å². The van der Waals surface area contributed by atoms with Crippen LogP contribution in [0, 0.1) is 13.8 Å². The molecule has 0 amide bonds. The van der Waals surface area contributed by atoms with E-state index in [1.54, 1.807) is 6.07 Å². The molecular formula is C14H21NO3. The van der Waals surface area contributed by atoms with Gasteiger partial charge >= 0.3 is 5.97 Å². The van der Waals surface area contributed by atoms with Crippen molar-refractivity contribution in [2.75, 3.05) is 25.6 Å². The first-order chi connectivity index (χ1) is 8.56. The quantitative estimate of drug-likeness (QED) is 0.479. The van der Waals surface area contributed by atoms with Gasteiger partial charge in [0.1, 0.15) is 0 Å². The van der Waals surface area contributed by atoms with Gasteiger partial charge in [0, 0.05) is 25.3 Å². The Hall–Kier alpha value is -1.55. The van der Waals surface area contributed by atoms with Crippen LogP contribution in [0.25, 0.3) is 0 Å². The number of nitrogens with two attached hydrogens (primary N) is 1. The van der Waals surface area contributed by atoms with E-state index in [0.717, 1.165) is 11.1 Å². The monoisotopic (exact) mass is 251 g/mol. The smallest absolute Gasteiger partial charge is 0.338 e. The van der Waals surface area contributed by atoms with Gasteiger partial charge in [0.25, 0.3) is 0 Å². The number of aryl methyl sites for hydroxylation is 2. The zero-order valence-corrected chi connectivity index (χ0v) is 11.3. The van der Waals surface area contributed by atoms with Crippen LogP contribution in [-0.2, 0) is 9.47 Å². The molecule has 0 aliphatic carbocycles. The molecule has 0 spiro atoms. The number of hydrogen-bond acceptors (Lipinski definition) is 4. The standard InChI is InChI=1S/C14H21NO3/c1-4-17-6-5-7-18-14(16)12-9-13(15)11(3)8-10(12)2/h8-9H,4-7,15H2,1-3H3. The first kappa shape index (κ1) is 14.5. The number of hydrogen-bond donors (Lipinski definition) is 1. The maximum atomic E-state index is 11.8. The fourth-order valence-corrected chi connectivity index (χ4v) is 1.64. The number of carbonyl (C=O) groups excluding carboxylic acids is 1. The van der Waals surface area contributed by atoms with Crippen molar-refractivity contribution in [3.05, 3.63) is 28.8 Å². The summed E-state index contributed by atoms with van der Waals surface area (Å²) in [5.74, 6) is -0.323.